The van der Waals surface area contributed by atoms with Crippen molar-refractivity contribution in [2.24, 2.45) is 0 Å². The minimum absolute atomic E-state index is 0.135. The van der Waals surface area contributed by atoms with Gasteiger partial charge in [0.25, 0.3) is 5.91 Å². The lowest BCUT2D eigenvalue weighted by Crippen LogP contribution is -2.27. The van der Waals surface area contributed by atoms with Gasteiger partial charge in [-0.05, 0) is 49.2 Å². The lowest BCUT2D eigenvalue weighted by Gasteiger charge is -2.27. The summed E-state index contributed by atoms with van der Waals surface area (Å²) in [5.74, 6) is -0.959. The molecule has 1 heterocycles. The standard InChI is InChI=1S/C22H23F4N3O/c1-3-9-29(10-4-2)20-8-6-15(12-18(20)22(24,25)26)27-13-17-16-11-14(23)5-7-19(16)28-21(17)30/h5-8,11-13,27H,3-4,9-10H2,1-2H3,(H,28,30)/b17-13+. The smallest absolute Gasteiger partial charge is 0.371 e. The van der Waals surface area contributed by atoms with E-state index in [2.05, 4.69) is 10.6 Å². The molecule has 8 heteroatoms. The molecule has 30 heavy (non-hydrogen) atoms. The summed E-state index contributed by atoms with van der Waals surface area (Å²) in [4.78, 5) is 13.9. The molecule has 1 aliphatic rings. The summed E-state index contributed by atoms with van der Waals surface area (Å²) < 4.78 is 54.8. The molecule has 0 bridgehead atoms. The largest absolute Gasteiger partial charge is 0.418 e. The average Bonchev–Trinajstić information content (AvgIpc) is 3.00. The number of rotatable bonds is 7. The number of anilines is 3. The summed E-state index contributed by atoms with van der Waals surface area (Å²) in [7, 11) is 0. The normalized spacial score (nSPS) is 14.6. The second-order valence-electron chi connectivity index (χ2n) is 7.06. The molecule has 0 unspecified atom stereocenters. The molecule has 2 N–H and O–H groups in total. The van der Waals surface area contributed by atoms with Crippen LogP contribution in [-0.2, 0) is 11.0 Å². The van der Waals surface area contributed by atoms with Gasteiger partial charge in [-0.1, -0.05) is 13.8 Å². The maximum absolute atomic E-state index is 13.7. The number of alkyl halides is 3. The Bertz CT molecular complexity index is 963. The molecule has 0 spiro atoms. The van der Waals surface area contributed by atoms with E-state index in [1.165, 1.54) is 30.5 Å². The molecule has 0 radical (unpaired) electrons. The number of hydrogen-bond donors (Lipinski definition) is 2. The zero-order valence-electron chi connectivity index (χ0n) is 16.7. The molecule has 0 aromatic heterocycles. The first-order valence-electron chi connectivity index (χ1n) is 9.78. The van der Waals surface area contributed by atoms with Gasteiger partial charge in [0.1, 0.15) is 5.82 Å². The number of carbonyl (C=O) groups is 1. The number of halogens is 4. The molecule has 2 aromatic rings. The average molecular weight is 421 g/mol. The second-order valence-corrected chi connectivity index (χ2v) is 7.06. The van der Waals surface area contributed by atoms with E-state index in [9.17, 15) is 22.4 Å². The highest BCUT2D eigenvalue weighted by molar-refractivity contribution is 6.31. The Morgan fingerprint density at radius 2 is 1.77 bits per heavy atom. The third-order valence-corrected chi connectivity index (χ3v) is 4.78. The first-order chi connectivity index (χ1) is 14.2. The Kier molecular flexibility index (Phi) is 6.34. The van der Waals surface area contributed by atoms with Gasteiger partial charge in [-0.15, -0.1) is 0 Å². The lowest BCUT2D eigenvalue weighted by molar-refractivity contribution is -0.137. The van der Waals surface area contributed by atoms with Gasteiger partial charge >= 0.3 is 6.18 Å². The predicted octanol–water partition coefficient (Wildman–Crippen LogP) is 5.88. The minimum atomic E-state index is -4.53. The van der Waals surface area contributed by atoms with Crippen LogP contribution >= 0.6 is 0 Å². The first-order valence-corrected chi connectivity index (χ1v) is 9.78. The van der Waals surface area contributed by atoms with Gasteiger partial charge < -0.3 is 15.5 Å². The van der Waals surface area contributed by atoms with Crippen LogP contribution in [-0.4, -0.2) is 19.0 Å². The third kappa shape index (κ3) is 4.58. The Hall–Kier alpha value is -3.03. The van der Waals surface area contributed by atoms with Gasteiger partial charge in [0.2, 0.25) is 0 Å². The SMILES string of the molecule is CCCN(CCC)c1ccc(N/C=C2/C(=O)Nc3ccc(F)cc32)cc1C(F)(F)F. The van der Waals surface area contributed by atoms with Gasteiger partial charge in [-0.3, -0.25) is 4.79 Å². The van der Waals surface area contributed by atoms with E-state index in [0.717, 1.165) is 18.9 Å². The van der Waals surface area contributed by atoms with Gasteiger partial charge in [0.05, 0.1) is 11.1 Å². The van der Waals surface area contributed by atoms with Crippen LogP contribution in [0.3, 0.4) is 0 Å². The fourth-order valence-electron chi connectivity index (χ4n) is 3.48. The maximum Gasteiger partial charge on any atom is 0.418 e. The summed E-state index contributed by atoms with van der Waals surface area (Å²) >= 11 is 0. The van der Waals surface area contributed by atoms with Gasteiger partial charge in [0.15, 0.2) is 0 Å². The van der Waals surface area contributed by atoms with Crippen LogP contribution < -0.4 is 15.5 Å². The molecule has 4 nitrogen and oxygen atoms in total. The van der Waals surface area contributed by atoms with Crippen molar-refractivity contribution in [2.75, 3.05) is 28.6 Å². The zero-order valence-corrected chi connectivity index (χ0v) is 16.7. The van der Waals surface area contributed by atoms with Crippen molar-refractivity contribution in [1.29, 1.82) is 0 Å². The Balaban J connectivity index is 1.94. The summed E-state index contributed by atoms with van der Waals surface area (Å²) in [6.45, 7) is 4.89. The number of carbonyl (C=O) groups excluding carboxylic acids is 1. The Morgan fingerprint density at radius 1 is 1.07 bits per heavy atom. The molecule has 160 valence electrons. The number of hydrogen-bond acceptors (Lipinski definition) is 3. The Morgan fingerprint density at radius 3 is 2.40 bits per heavy atom. The lowest BCUT2D eigenvalue weighted by atomic mass is 10.1. The van der Waals surface area contributed by atoms with Crippen molar-refractivity contribution in [3.63, 3.8) is 0 Å². The van der Waals surface area contributed by atoms with Crippen LogP contribution in [0, 0.1) is 5.82 Å². The maximum atomic E-state index is 13.7. The summed E-state index contributed by atoms with van der Waals surface area (Å²) in [5, 5.41) is 5.35. The summed E-state index contributed by atoms with van der Waals surface area (Å²) in [6, 6.07) is 7.89. The van der Waals surface area contributed by atoms with Crippen molar-refractivity contribution >= 4 is 28.5 Å². The molecule has 2 aromatic carbocycles. The topological polar surface area (TPSA) is 44.4 Å². The molecule has 0 fully saturated rings. The highest BCUT2D eigenvalue weighted by atomic mass is 19.4. The zero-order chi connectivity index (χ0) is 21.9. The monoisotopic (exact) mass is 421 g/mol. The van der Waals surface area contributed by atoms with E-state index < -0.39 is 23.5 Å². The van der Waals surface area contributed by atoms with Crippen molar-refractivity contribution in [2.45, 2.75) is 32.9 Å². The van der Waals surface area contributed by atoms with E-state index in [4.69, 9.17) is 0 Å². The molecular formula is C22H23F4N3O. The quantitative estimate of drug-likeness (QED) is 0.434. The van der Waals surface area contributed by atoms with Crippen LogP contribution in [0.25, 0.3) is 5.57 Å². The minimum Gasteiger partial charge on any atom is -0.371 e. The molecular weight excluding hydrogens is 398 g/mol. The molecule has 1 amide bonds. The second kappa shape index (κ2) is 8.77. The first kappa shape index (κ1) is 21.7. The molecule has 0 saturated carbocycles. The molecule has 0 saturated heterocycles. The highest BCUT2D eigenvalue weighted by Gasteiger charge is 2.35. The Labute approximate surface area is 172 Å². The molecule has 3 rings (SSSR count). The van der Waals surface area contributed by atoms with Crippen molar-refractivity contribution in [3.05, 3.63) is 59.5 Å². The fourth-order valence-corrected chi connectivity index (χ4v) is 3.48. The van der Waals surface area contributed by atoms with Crippen molar-refractivity contribution in [1.82, 2.24) is 0 Å². The highest BCUT2D eigenvalue weighted by Crippen LogP contribution is 2.39. The van der Waals surface area contributed by atoms with E-state index in [0.29, 0.717) is 24.3 Å². The predicted molar refractivity (Wildman–Crippen MR) is 111 cm³/mol. The van der Waals surface area contributed by atoms with Gasteiger partial charge in [-0.2, -0.15) is 13.2 Å². The van der Waals surface area contributed by atoms with Gasteiger partial charge in [0, 0.05) is 41.9 Å². The summed E-state index contributed by atoms with van der Waals surface area (Å²) in [5.41, 5.74) is 0.545. The van der Waals surface area contributed by atoms with Crippen LogP contribution in [0.5, 0.6) is 0 Å². The van der Waals surface area contributed by atoms with Crippen LogP contribution in [0.2, 0.25) is 0 Å². The number of fused-ring (bicyclic) bond motifs is 1. The van der Waals surface area contributed by atoms with Crippen LogP contribution in [0.1, 0.15) is 37.8 Å². The number of amides is 1. The van der Waals surface area contributed by atoms with Crippen LogP contribution in [0.15, 0.2) is 42.6 Å². The molecule has 1 aliphatic heterocycles. The molecule has 0 atom stereocenters. The number of nitrogens with zero attached hydrogens (tertiary/aromatic N) is 1. The summed E-state index contributed by atoms with van der Waals surface area (Å²) in [6.07, 6.45) is -1.77. The van der Waals surface area contributed by atoms with E-state index >= 15 is 0 Å². The van der Waals surface area contributed by atoms with E-state index in [1.807, 2.05) is 13.8 Å². The number of benzene rings is 2. The van der Waals surface area contributed by atoms with E-state index in [1.54, 1.807) is 11.0 Å². The third-order valence-electron chi connectivity index (χ3n) is 4.78. The van der Waals surface area contributed by atoms with Crippen LogP contribution in [0.4, 0.5) is 34.6 Å². The van der Waals surface area contributed by atoms with Crippen molar-refractivity contribution in [3.8, 4) is 0 Å². The van der Waals surface area contributed by atoms with E-state index in [-0.39, 0.29) is 16.9 Å². The van der Waals surface area contributed by atoms with Gasteiger partial charge in [-0.25, -0.2) is 4.39 Å². The fraction of sp³-hybridized carbons (Fsp3) is 0.318. The number of nitrogens with one attached hydrogen (secondary N) is 2. The molecule has 0 aliphatic carbocycles. The van der Waals surface area contributed by atoms with Crippen molar-refractivity contribution < 1.29 is 22.4 Å².